The largest absolute Gasteiger partial charge is 0.491 e. The highest BCUT2D eigenvalue weighted by Gasteiger charge is 2.23. The first-order valence-electron chi connectivity index (χ1n) is 12.5. The molecule has 0 saturated carbocycles. The van der Waals surface area contributed by atoms with Crippen LogP contribution in [0.4, 0.5) is 5.82 Å². The zero-order chi connectivity index (χ0) is 27.4. The van der Waals surface area contributed by atoms with E-state index in [1.165, 1.54) is 0 Å². The topological polar surface area (TPSA) is 104 Å². The molecule has 0 amide bonds. The number of aromatic nitrogens is 2. The van der Waals surface area contributed by atoms with Gasteiger partial charge in [-0.1, -0.05) is 54.9 Å². The Morgan fingerprint density at radius 1 is 1.00 bits per heavy atom. The first-order valence-corrected chi connectivity index (χ1v) is 13.9. The van der Waals surface area contributed by atoms with Crippen LogP contribution in [0, 0.1) is 27.7 Å². The maximum Gasteiger partial charge on any atom is 0.263 e. The van der Waals surface area contributed by atoms with E-state index in [2.05, 4.69) is 27.9 Å². The second-order valence-corrected chi connectivity index (χ2v) is 10.9. The Hall–Kier alpha value is -3.85. The number of methoxy groups -OCH3 is 1. The van der Waals surface area contributed by atoms with E-state index in [9.17, 15) is 8.42 Å². The number of nitrogens with zero attached hydrogens (tertiary/aromatic N) is 2. The number of rotatable bonds is 10. The molecule has 1 N–H and O–H groups in total. The monoisotopic (exact) mass is 535 g/mol. The van der Waals surface area contributed by atoms with Crippen LogP contribution in [0.5, 0.6) is 11.5 Å². The van der Waals surface area contributed by atoms with Crippen LogP contribution in [-0.4, -0.2) is 25.7 Å². The molecule has 38 heavy (non-hydrogen) atoms. The molecule has 0 unspecified atom stereocenters. The lowest BCUT2D eigenvalue weighted by atomic mass is 9.95. The fraction of sp³-hybridized carbons (Fsp3) is 0.310. The van der Waals surface area contributed by atoms with E-state index in [1.54, 1.807) is 33.1 Å². The number of hydrogen-bond acceptors (Lipinski definition) is 7. The van der Waals surface area contributed by atoms with Gasteiger partial charge in [-0.15, -0.1) is 0 Å². The molecule has 0 atom stereocenters. The summed E-state index contributed by atoms with van der Waals surface area (Å²) < 4.78 is 46.2. The van der Waals surface area contributed by atoms with E-state index in [-0.39, 0.29) is 10.7 Å². The van der Waals surface area contributed by atoms with Gasteiger partial charge >= 0.3 is 0 Å². The molecule has 8 nitrogen and oxygen atoms in total. The molecular weight excluding hydrogens is 502 g/mol. The number of nitrogens with one attached hydrogen (secondary N) is 1. The molecule has 0 aliphatic heterocycles. The van der Waals surface area contributed by atoms with Gasteiger partial charge in [0.25, 0.3) is 10.0 Å². The lowest BCUT2D eigenvalue weighted by molar-refractivity contribution is 0.282. The maximum absolute atomic E-state index is 13.4. The quantitative estimate of drug-likeness (QED) is 0.254. The number of sulfonamides is 1. The van der Waals surface area contributed by atoms with Crippen molar-refractivity contribution >= 4 is 15.8 Å². The molecule has 0 bridgehead atoms. The SMILES string of the molecule is CCCc1cc(COc2cc(C)nc(C)c2OC)ccc1-c1ccccc1S(=O)(=O)Nc1noc(C)c1C. The summed E-state index contributed by atoms with van der Waals surface area (Å²) in [5, 5.41) is 3.86. The average molecular weight is 536 g/mol. The number of benzene rings is 2. The van der Waals surface area contributed by atoms with Crippen molar-refractivity contribution in [3.05, 3.63) is 82.4 Å². The van der Waals surface area contributed by atoms with Gasteiger partial charge in [-0.2, -0.15) is 0 Å². The number of ether oxygens (including phenoxy) is 2. The van der Waals surface area contributed by atoms with E-state index in [0.29, 0.717) is 35.0 Å². The summed E-state index contributed by atoms with van der Waals surface area (Å²) >= 11 is 0. The summed E-state index contributed by atoms with van der Waals surface area (Å²) in [6.45, 7) is 9.74. The molecule has 0 aliphatic rings. The number of hydrogen-bond donors (Lipinski definition) is 1. The van der Waals surface area contributed by atoms with Gasteiger partial charge in [0, 0.05) is 22.9 Å². The molecule has 0 aliphatic carbocycles. The molecule has 0 radical (unpaired) electrons. The van der Waals surface area contributed by atoms with Crippen molar-refractivity contribution in [2.75, 3.05) is 11.8 Å². The van der Waals surface area contributed by atoms with Crippen molar-refractivity contribution in [2.45, 2.75) is 59.0 Å². The van der Waals surface area contributed by atoms with Crippen LogP contribution in [0.15, 0.2) is 57.9 Å². The minimum absolute atomic E-state index is 0.175. The number of pyridine rings is 1. The molecular formula is C29H33N3O5S. The summed E-state index contributed by atoms with van der Waals surface area (Å²) in [5.74, 6) is 2.01. The predicted octanol–water partition coefficient (Wildman–Crippen LogP) is 6.31. The van der Waals surface area contributed by atoms with Gasteiger partial charge in [0.1, 0.15) is 12.4 Å². The summed E-state index contributed by atoms with van der Waals surface area (Å²) in [7, 11) is -2.32. The van der Waals surface area contributed by atoms with Crippen molar-refractivity contribution in [1.82, 2.24) is 10.1 Å². The van der Waals surface area contributed by atoms with Gasteiger partial charge in [-0.25, -0.2) is 8.42 Å². The van der Waals surface area contributed by atoms with Crippen molar-refractivity contribution < 1.29 is 22.4 Å². The van der Waals surface area contributed by atoms with Crippen molar-refractivity contribution in [3.63, 3.8) is 0 Å². The van der Waals surface area contributed by atoms with Crippen LogP contribution in [0.1, 0.15) is 47.2 Å². The predicted molar refractivity (Wildman–Crippen MR) is 147 cm³/mol. The molecule has 9 heteroatoms. The summed E-state index contributed by atoms with van der Waals surface area (Å²) in [6.07, 6.45) is 1.68. The Labute approximate surface area is 224 Å². The van der Waals surface area contributed by atoms with Crippen LogP contribution in [0.3, 0.4) is 0 Å². The lowest BCUT2D eigenvalue weighted by Gasteiger charge is -2.17. The zero-order valence-corrected chi connectivity index (χ0v) is 23.4. The van der Waals surface area contributed by atoms with Crippen molar-refractivity contribution in [2.24, 2.45) is 0 Å². The van der Waals surface area contributed by atoms with Crippen LogP contribution >= 0.6 is 0 Å². The smallest absolute Gasteiger partial charge is 0.263 e. The third-order valence-corrected chi connectivity index (χ3v) is 7.78. The van der Waals surface area contributed by atoms with Crippen LogP contribution in [0.25, 0.3) is 11.1 Å². The lowest BCUT2D eigenvalue weighted by Crippen LogP contribution is -2.15. The molecule has 0 fully saturated rings. The Morgan fingerprint density at radius 2 is 1.76 bits per heavy atom. The Kier molecular flexibility index (Phi) is 8.06. The highest BCUT2D eigenvalue weighted by molar-refractivity contribution is 7.92. The Morgan fingerprint density at radius 3 is 2.45 bits per heavy atom. The van der Waals surface area contributed by atoms with Gasteiger partial charge in [0.2, 0.25) is 0 Å². The Balaban J connectivity index is 1.67. The van der Waals surface area contributed by atoms with E-state index in [1.807, 2.05) is 44.2 Å². The summed E-state index contributed by atoms with van der Waals surface area (Å²) in [6, 6.07) is 14.8. The molecule has 0 saturated heterocycles. The Bertz CT molecular complexity index is 1560. The minimum atomic E-state index is -3.92. The normalized spacial score (nSPS) is 11.4. The molecule has 4 aromatic rings. The van der Waals surface area contributed by atoms with Crippen LogP contribution in [-0.2, 0) is 23.1 Å². The number of aryl methyl sites for hydroxylation is 4. The van der Waals surface area contributed by atoms with E-state index in [4.69, 9.17) is 14.0 Å². The first-order chi connectivity index (χ1) is 18.1. The second-order valence-electron chi connectivity index (χ2n) is 9.22. The molecule has 2 heterocycles. The fourth-order valence-corrected chi connectivity index (χ4v) is 5.67. The third-order valence-electron chi connectivity index (χ3n) is 6.38. The van der Waals surface area contributed by atoms with E-state index < -0.39 is 10.0 Å². The highest BCUT2D eigenvalue weighted by atomic mass is 32.2. The van der Waals surface area contributed by atoms with E-state index in [0.717, 1.165) is 40.9 Å². The van der Waals surface area contributed by atoms with Gasteiger partial charge in [0.05, 0.1) is 17.7 Å². The standard InChI is InChI=1S/C29H33N3O5S/c1-7-10-23-16-22(17-36-26-15-18(2)30-20(4)28(26)35-6)13-14-24(23)25-11-8-9-12-27(25)38(33,34)32-29-19(3)21(5)37-31-29/h8-9,11-16H,7,10,17H2,1-6H3,(H,31,32). The van der Waals surface area contributed by atoms with Crippen LogP contribution < -0.4 is 14.2 Å². The first kappa shape index (κ1) is 27.2. The average Bonchev–Trinajstić information content (AvgIpc) is 3.19. The second kappa shape index (κ2) is 11.3. The van der Waals surface area contributed by atoms with Gasteiger partial charge in [-0.05, 0) is 56.9 Å². The molecule has 200 valence electrons. The molecule has 0 spiro atoms. The third kappa shape index (κ3) is 5.67. The number of anilines is 1. The zero-order valence-electron chi connectivity index (χ0n) is 22.6. The highest BCUT2D eigenvalue weighted by Crippen LogP contribution is 2.34. The van der Waals surface area contributed by atoms with Gasteiger partial charge in [-0.3, -0.25) is 9.71 Å². The van der Waals surface area contributed by atoms with E-state index >= 15 is 0 Å². The molecule has 4 rings (SSSR count). The summed E-state index contributed by atoms with van der Waals surface area (Å²) in [4.78, 5) is 4.61. The molecule has 2 aromatic heterocycles. The fourth-order valence-electron chi connectivity index (χ4n) is 4.39. The van der Waals surface area contributed by atoms with Gasteiger partial charge < -0.3 is 14.0 Å². The summed E-state index contributed by atoms with van der Waals surface area (Å²) in [5.41, 5.74) is 5.76. The van der Waals surface area contributed by atoms with Gasteiger partial charge in [0.15, 0.2) is 17.3 Å². The van der Waals surface area contributed by atoms with Crippen LogP contribution in [0.2, 0.25) is 0 Å². The molecule has 2 aromatic carbocycles. The maximum atomic E-state index is 13.4. The minimum Gasteiger partial charge on any atom is -0.491 e. The van der Waals surface area contributed by atoms with Crippen molar-refractivity contribution in [1.29, 1.82) is 0 Å². The van der Waals surface area contributed by atoms with Crippen molar-refractivity contribution in [3.8, 4) is 22.6 Å².